The summed E-state index contributed by atoms with van der Waals surface area (Å²) >= 11 is 0. The molecule has 0 aliphatic heterocycles. The van der Waals surface area contributed by atoms with Gasteiger partial charge in [-0.3, -0.25) is 0 Å². The van der Waals surface area contributed by atoms with Crippen LogP contribution in [-0.4, -0.2) is 0 Å². The predicted molar refractivity (Wildman–Crippen MR) is 216 cm³/mol. The highest BCUT2D eigenvalue weighted by molar-refractivity contribution is 5.90. The Labute approximate surface area is 302 Å². The summed E-state index contributed by atoms with van der Waals surface area (Å²) in [6.45, 7) is 4.04. The van der Waals surface area contributed by atoms with E-state index in [1.807, 2.05) is 0 Å². The molecule has 0 spiro atoms. The number of hydrogen-bond donors (Lipinski definition) is 0. The molecule has 7 aromatic carbocycles. The SMILES string of the molecule is C=CCCCCC1(c2ccccc2)c2cc(N(c3ccccc3)c3ccccc3)ccc2-c2ccc(N(c3ccccc3)c3ccccc3)cc21. The first kappa shape index (κ1) is 32.1. The molecule has 8 rings (SSSR count). The van der Waals surface area contributed by atoms with Gasteiger partial charge in [-0.15, -0.1) is 6.58 Å². The van der Waals surface area contributed by atoms with Crippen LogP contribution in [0.2, 0.25) is 0 Å². The van der Waals surface area contributed by atoms with Crippen LogP contribution in [0.4, 0.5) is 34.1 Å². The molecule has 1 aliphatic carbocycles. The Hall–Kier alpha value is -6.12. The molecule has 0 bridgehead atoms. The van der Waals surface area contributed by atoms with Crippen molar-refractivity contribution in [2.24, 2.45) is 0 Å². The van der Waals surface area contributed by atoms with Crippen LogP contribution in [0.15, 0.2) is 201 Å². The molecule has 0 saturated heterocycles. The van der Waals surface area contributed by atoms with Gasteiger partial charge in [-0.1, -0.05) is 128 Å². The minimum Gasteiger partial charge on any atom is -0.310 e. The molecule has 0 atom stereocenters. The first-order chi connectivity index (χ1) is 25.3. The fourth-order valence-electron chi connectivity index (χ4n) is 7.99. The number of fused-ring (bicyclic) bond motifs is 3. The van der Waals surface area contributed by atoms with Gasteiger partial charge in [0.05, 0.1) is 0 Å². The molecule has 0 N–H and O–H groups in total. The summed E-state index contributed by atoms with van der Waals surface area (Å²) in [7, 11) is 0. The molecule has 0 unspecified atom stereocenters. The first-order valence-corrected chi connectivity index (χ1v) is 18.0. The van der Waals surface area contributed by atoms with Gasteiger partial charge in [0.25, 0.3) is 0 Å². The van der Waals surface area contributed by atoms with E-state index in [2.05, 4.69) is 211 Å². The topological polar surface area (TPSA) is 6.48 Å². The molecule has 2 nitrogen and oxygen atoms in total. The van der Waals surface area contributed by atoms with E-state index < -0.39 is 0 Å². The van der Waals surface area contributed by atoms with Crippen molar-refractivity contribution in [2.75, 3.05) is 9.80 Å². The van der Waals surface area contributed by atoms with Crippen molar-refractivity contribution in [3.63, 3.8) is 0 Å². The largest absolute Gasteiger partial charge is 0.310 e. The summed E-state index contributed by atoms with van der Waals surface area (Å²) in [6.07, 6.45) is 6.23. The number of benzene rings is 7. The van der Waals surface area contributed by atoms with Gasteiger partial charge in [0.15, 0.2) is 0 Å². The number of para-hydroxylation sites is 4. The second-order valence-corrected chi connectivity index (χ2v) is 13.3. The van der Waals surface area contributed by atoms with Crippen LogP contribution in [0.3, 0.4) is 0 Å². The fourth-order valence-corrected chi connectivity index (χ4v) is 7.99. The Kier molecular flexibility index (Phi) is 9.06. The van der Waals surface area contributed by atoms with Gasteiger partial charge in [-0.25, -0.2) is 0 Å². The average Bonchev–Trinajstić information content (AvgIpc) is 3.48. The number of anilines is 6. The highest BCUT2D eigenvalue weighted by atomic mass is 15.1. The van der Waals surface area contributed by atoms with E-state index in [0.29, 0.717) is 0 Å². The lowest BCUT2D eigenvalue weighted by Crippen LogP contribution is -2.27. The lowest BCUT2D eigenvalue weighted by Gasteiger charge is -2.35. The molecule has 1 aliphatic rings. The van der Waals surface area contributed by atoms with Crippen LogP contribution in [-0.2, 0) is 5.41 Å². The monoisotopic (exact) mass is 658 g/mol. The number of nitrogens with zero attached hydrogens (tertiary/aromatic N) is 2. The Morgan fingerprint density at radius 2 is 0.784 bits per heavy atom. The Bertz CT molecular complexity index is 2000. The number of hydrogen-bond acceptors (Lipinski definition) is 2. The van der Waals surface area contributed by atoms with Crippen molar-refractivity contribution in [2.45, 2.75) is 31.1 Å². The van der Waals surface area contributed by atoms with E-state index in [9.17, 15) is 0 Å². The van der Waals surface area contributed by atoms with Gasteiger partial charge < -0.3 is 9.80 Å². The third-order valence-electron chi connectivity index (χ3n) is 10.3. The van der Waals surface area contributed by atoms with Crippen LogP contribution in [0, 0.1) is 0 Å². The maximum absolute atomic E-state index is 4.04. The fraction of sp³-hybridized carbons (Fsp3) is 0.102. The standard InChI is InChI=1S/C49H42N2/c1-2-3-4-20-35-49(38-21-10-5-11-22-38)47-36-43(50(39-23-12-6-13-24-39)40-25-14-7-15-26-40)31-33-45(47)46-34-32-44(37-48(46)49)51(41-27-16-8-17-28-41)42-29-18-9-19-30-42/h2,5-19,21-34,36-37H,1,3-4,20,35H2. The summed E-state index contributed by atoms with van der Waals surface area (Å²) in [5.41, 5.74) is 13.2. The van der Waals surface area contributed by atoms with E-state index >= 15 is 0 Å². The first-order valence-electron chi connectivity index (χ1n) is 18.0. The van der Waals surface area contributed by atoms with Crippen LogP contribution in [0.25, 0.3) is 11.1 Å². The maximum atomic E-state index is 4.04. The Morgan fingerprint density at radius 3 is 1.16 bits per heavy atom. The van der Waals surface area contributed by atoms with Crippen molar-refractivity contribution >= 4 is 34.1 Å². The van der Waals surface area contributed by atoms with Crippen molar-refractivity contribution in [3.05, 3.63) is 217 Å². The molecule has 0 radical (unpaired) electrons. The van der Waals surface area contributed by atoms with Crippen molar-refractivity contribution in [3.8, 4) is 11.1 Å². The van der Waals surface area contributed by atoms with Gasteiger partial charge in [0.2, 0.25) is 0 Å². The van der Waals surface area contributed by atoms with Crippen LogP contribution < -0.4 is 9.80 Å². The average molecular weight is 659 g/mol. The molecular weight excluding hydrogens is 617 g/mol. The van der Waals surface area contributed by atoms with Gasteiger partial charge >= 0.3 is 0 Å². The zero-order valence-corrected chi connectivity index (χ0v) is 28.9. The summed E-state index contributed by atoms with van der Waals surface area (Å²) < 4.78 is 0. The Balaban J connectivity index is 1.37. The van der Waals surface area contributed by atoms with E-state index in [1.54, 1.807) is 0 Å². The Morgan fingerprint density at radius 1 is 0.412 bits per heavy atom. The normalized spacial score (nSPS) is 12.5. The van der Waals surface area contributed by atoms with Crippen molar-refractivity contribution in [1.82, 2.24) is 0 Å². The third kappa shape index (κ3) is 6.04. The zero-order valence-electron chi connectivity index (χ0n) is 28.9. The molecule has 0 amide bonds. The highest BCUT2D eigenvalue weighted by Crippen LogP contribution is 2.57. The molecule has 2 heteroatoms. The minimum atomic E-state index is -0.350. The summed E-state index contributed by atoms with van der Waals surface area (Å²) in [5, 5.41) is 0. The lowest BCUT2D eigenvalue weighted by atomic mass is 9.69. The van der Waals surface area contributed by atoms with Gasteiger partial charge in [0, 0.05) is 39.5 Å². The van der Waals surface area contributed by atoms with Crippen LogP contribution in [0.5, 0.6) is 0 Å². The molecule has 7 aromatic rings. The zero-order chi connectivity index (χ0) is 34.5. The number of rotatable bonds is 12. The summed E-state index contributed by atoms with van der Waals surface area (Å²) in [6, 6.07) is 68.4. The van der Waals surface area contributed by atoms with Crippen molar-refractivity contribution in [1.29, 1.82) is 0 Å². The summed E-state index contributed by atoms with van der Waals surface area (Å²) in [4.78, 5) is 4.77. The number of unbranched alkanes of at least 4 members (excludes halogenated alkanes) is 2. The molecule has 51 heavy (non-hydrogen) atoms. The quantitative estimate of drug-likeness (QED) is 0.0952. The number of allylic oxidation sites excluding steroid dienone is 1. The summed E-state index contributed by atoms with van der Waals surface area (Å²) in [5.74, 6) is 0. The van der Waals surface area contributed by atoms with E-state index in [0.717, 1.165) is 59.8 Å². The second-order valence-electron chi connectivity index (χ2n) is 13.3. The highest BCUT2D eigenvalue weighted by Gasteiger charge is 2.45. The van der Waals surface area contributed by atoms with E-state index in [4.69, 9.17) is 0 Å². The van der Waals surface area contributed by atoms with E-state index in [1.165, 1.54) is 27.8 Å². The molecule has 0 saturated carbocycles. The van der Waals surface area contributed by atoms with E-state index in [-0.39, 0.29) is 5.41 Å². The predicted octanol–water partition coefficient (Wildman–Crippen LogP) is 13.7. The van der Waals surface area contributed by atoms with Crippen LogP contribution in [0.1, 0.15) is 42.4 Å². The molecule has 0 fully saturated rings. The second kappa shape index (κ2) is 14.4. The van der Waals surface area contributed by atoms with Gasteiger partial charge in [-0.2, -0.15) is 0 Å². The molecule has 248 valence electrons. The maximum Gasteiger partial charge on any atom is 0.0465 e. The lowest BCUT2D eigenvalue weighted by molar-refractivity contribution is 0.530. The minimum absolute atomic E-state index is 0.350. The van der Waals surface area contributed by atoms with Gasteiger partial charge in [0.1, 0.15) is 0 Å². The molecule has 0 aromatic heterocycles. The molecule has 0 heterocycles. The molecular formula is C49H42N2. The van der Waals surface area contributed by atoms with Gasteiger partial charge in [-0.05, 0) is 120 Å². The van der Waals surface area contributed by atoms with Crippen molar-refractivity contribution < 1.29 is 0 Å². The van der Waals surface area contributed by atoms with Crippen LogP contribution >= 0.6 is 0 Å². The smallest absolute Gasteiger partial charge is 0.0465 e. The third-order valence-corrected chi connectivity index (χ3v) is 10.3.